The number of nitrogens with two attached hydrogens (primary N) is 5. The molecule has 7 amide bonds. The van der Waals surface area contributed by atoms with Crippen molar-refractivity contribution in [1.82, 2.24) is 36.8 Å². The van der Waals surface area contributed by atoms with Crippen LogP contribution in [0.4, 0.5) is 0 Å². The normalized spacial score (nSPS) is 17.4. The van der Waals surface area contributed by atoms with Crippen molar-refractivity contribution in [2.45, 2.75) is 114 Å². The molecule has 27 nitrogen and oxygen atoms in total. The lowest BCUT2D eigenvalue weighted by atomic mass is 10.0. The number of nitrogens with zero attached hydrogens (tertiary/aromatic N) is 3. The molecule has 1 aliphatic heterocycles. The first kappa shape index (κ1) is 54.1. The molecular formula is C35H64N14O13. The number of aliphatic carboxylic acids is 1. The van der Waals surface area contributed by atoms with Crippen LogP contribution in [0.2, 0.25) is 0 Å². The fourth-order valence-electron chi connectivity index (χ4n) is 5.90. The zero-order chi connectivity index (χ0) is 47.3. The van der Waals surface area contributed by atoms with Gasteiger partial charge in [0.05, 0.1) is 32.0 Å². The number of rotatable bonds is 27. The Kier molecular flexibility index (Phi) is 23.7. The second-order valence-corrected chi connectivity index (χ2v) is 14.8. The van der Waals surface area contributed by atoms with Crippen LogP contribution in [0.1, 0.15) is 59.3 Å². The molecule has 9 atom stereocenters. The molecule has 1 rings (SSSR count). The van der Waals surface area contributed by atoms with E-state index in [1.54, 1.807) is 13.8 Å². The van der Waals surface area contributed by atoms with Crippen LogP contribution in [0.25, 0.3) is 0 Å². The van der Waals surface area contributed by atoms with Crippen molar-refractivity contribution in [2.24, 2.45) is 44.6 Å². The Labute approximate surface area is 357 Å². The molecule has 0 aromatic carbocycles. The van der Waals surface area contributed by atoms with E-state index in [1.807, 2.05) is 0 Å². The number of carboxylic acids is 1. The van der Waals surface area contributed by atoms with Gasteiger partial charge in [0, 0.05) is 19.6 Å². The first-order valence-electron chi connectivity index (χ1n) is 19.8. The Balaban J connectivity index is 3.16. The molecule has 27 heteroatoms. The number of aliphatic hydroxyl groups excluding tert-OH is 4. The lowest BCUT2D eigenvalue weighted by Crippen LogP contribution is -2.62. The molecule has 62 heavy (non-hydrogen) atoms. The van der Waals surface area contributed by atoms with Gasteiger partial charge in [0.2, 0.25) is 41.4 Å². The highest BCUT2D eigenvalue weighted by atomic mass is 16.4. The van der Waals surface area contributed by atoms with E-state index in [4.69, 9.17) is 28.7 Å². The zero-order valence-corrected chi connectivity index (χ0v) is 35.0. The van der Waals surface area contributed by atoms with Crippen molar-refractivity contribution in [3.05, 3.63) is 0 Å². The van der Waals surface area contributed by atoms with Crippen molar-refractivity contribution in [3.8, 4) is 0 Å². The van der Waals surface area contributed by atoms with E-state index < -0.39 is 122 Å². The van der Waals surface area contributed by atoms with Crippen LogP contribution in [0.3, 0.4) is 0 Å². The summed E-state index contributed by atoms with van der Waals surface area (Å²) in [6.07, 6.45) is -0.990. The van der Waals surface area contributed by atoms with Gasteiger partial charge >= 0.3 is 5.97 Å². The number of likely N-dealkylation sites (tertiary alicyclic amines) is 1. The molecule has 1 heterocycles. The van der Waals surface area contributed by atoms with E-state index in [2.05, 4.69) is 41.9 Å². The van der Waals surface area contributed by atoms with Gasteiger partial charge in [-0.15, -0.1) is 0 Å². The van der Waals surface area contributed by atoms with Crippen LogP contribution >= 0.6 is 0 Å². The maximum atomic E-state index is 13.5. The van der Waals surface area contributed by atoms with E-state index >= 15 is 0 Å². The van der Waals surface area contributed by atoms with Crippen LogP contribution in [0, 0.1) is 5.92 Å². The van der Waals surface area contributed by atoms with Crippen molar-refractivity contribution in [1.29, 1.82) is 0 Å². The quantitative estimate of drug-likeness (QED) is 0.0207. The number of guanidine groups is 2. The zero-order valence-electron chi connectivity index (χ0n) is 35.0. The molecule has 0 aromatic heterocycles. The number of carbonyl (C=O) groups is 8. The number of aliphatic imine (C=N–C) groups is 2. The highest BCUT2D eigenvalue weighted by molar-refractivity contribution is 5.98. The van der Waals surface area contributed by atoms with Crippen molar-refractivity contribution in [3.63, 3.8) is 0 Å². The number of hydrogen-bond donors (Lipinski definition) is 16. The van der Waals surface area contributed by atoms with Gasteiger partial charge in [-0.25, -0.2) is 4.79 Å². The lowest BCUT2D eigenvalue weighted by Gasteiger charge is -2.30. The third kappa shape index (κ3) is 18.0. The van der Waals surface area contributed by atoms with Gasteiger partial charge in [0.15, 0.2) is 11.9 Å². The second kappa shape index (κ2) is 27.1. The average molecular weight is 889 g/mol. The molecule has 0 bridgehead atoms. The van der Waals surface area contributed by atoms with Crippen LogP contribution in [-0.4, -0.2) is 184 Å². The van der Waals surface area contributed by atoms with Gasteiger partial charge in [0.25, 0.3) is 0 Å². The van der Waals surface area contributed by atoms with Gasteiger partial charge < -0.3 is 91.0 Å². The summed E-state index contributed by atoms with van der Waals surface area (Å²) in [5.74, 6) is -9.18. The minimum atomic E-state index is -1.84. The Hall–Kier alpha value is -5.90. The maximum Gasteiger partial charge on any atom is 0.326 e. The number of amides is 7. The van der Waals surface area contributed by atoms with Crippen molar-refractivity contribution in [2.75, 3.05) is 39.5 Å². The molecule has 0 aliphatic carbocycles. The standard InChI is InChI=1S/C35H64N14O13/c1-16(2)24(36)31(59)44-18(7-4-10-41-34(37)38)26(54)45-21(14-51)29(57)47-22(15-52)30(58)46-20(13-50)28(56)43-19(8-5-11-42-35(39)40)27(55)48-25(17(3)53)32(60)49-12-6-9-23(49)33(61)62/h16-25,50-53H,4-15,36H2,1-3H3,(H,43,56)(H,44,59)(H,45,54)(H,46,58)(H,47,57)(H,48,55)(H,61,62)(H4,37,38,41)(H4,39,40,42)/t17-,18+,19+,20+,21+,22+,23+,24+,25+/m1/s1. The topological polar surface area (TPSA) is 468 Å². The largest absolute Gasteiger partial charge is 0.480 e. The summed E-state index contributed by atoms with van der Waals surface area (Å²) in [4.78, 5) is 113. The number of nitrogens with one attached hydrogen (secondary N) is 6. The molecule has 0 unspecified atom stereocenters. The summed E-state index contributed by atoms with van der Waals surface area (Å²) in [5.41, 5.74) is 27.3. The smallest absolute Gasteiger partial charge is 0.326 e. The fourth-order valence-corrected chi connectivity index (χ4v) is 5.90. The second-order valence-electron chi connectivity index (χ2n) is 14.8. The van der Waals surface area contributed by atoms with Crippen LogP contribution in [0.15, 0.2) is 9.98 Å². The molecule has 21 N–H and O–H groups in total. The van der Waals surface area contributed by atoms with Crippen molar-refractivity contribution < 1.29 is 63.9 Å². The molecule has 0 aromatic rings. The first-order chi connectivity index (χ1) is 29.1. The number of carbonyl (C=O) groups excluding carboxylic acids is 7. The molecule has 1 saturated heterocycles. The Morgan fingerprint density at radius 1 is 0.629 bits per heavy atom. The van der Waals surface area contributed by atoms with Gasteiger partial charge in [-0.05, 0) is 51.4 Å². The van der Waals surface area contributed by atoms with Gasteiger partial charge in [0.1, 0.15) is 42.3 Å². The summed E-state index contributed by atoms with van der Waals surface area (Å²) in [7, 11) is 0. The Bertz CT molecular complexity index is 1610. The van der Waals surface area contributed by atoms with E-state index in [0.29, 0.717) is 6.42 Å². The monoisotopic (exact) mass is 888 g/mol. The number of aliphatic hydroxyl groups is 4. The highest BCUT2D eigenvalue weighted by Gasteiger charge is 2.40. The summed E-state index contributed by atoms with van der Waals surface area (Å²) < 4.78 is 0. The SMILES string of the molecule is CC(C)[C@H](N)C(=O)N[C@@H](CCCN=C(N)N)C(=O)N[C@@H](CO)C(=O)N[C@@H](CO)C(=O)N[C@@H](CO)C(=O)N[C@@H](CCCN=C(N)N)C(=O)N[C@H](C(=O)N1CCC[C@H]1C(=O)O)[C@@H](C)O. The Morgan fingerprint density at radius 2 is 1.00 bits per heavy atom. The molecule has 0 radical (unpaired) electrons. The maximum absolute atomic E-state index is 13.5. The van der Waals surface area contributed by atoms with Crippen molar-refractivity contribution >= 4 is 59.2 Å². The van der Waals surface area contributed by atoms with E-state index in [9.17, 15) is 63.9 Å². The highest BCUT2D eigenvalue weighted by Crippen LogP contribution is 2.19. The summed E-state index contributed by atoms with van der Waals surface area (Å²) in [5, 5.41) is 63.6. The van der Waals surface area contributed by atoms with Gasteiger partial charge in [-0.2, -0.15) is 0 Å². The summed E-state index contributed by atoms with van der Waals surface area (Å²) in [6, 6.07) is -12.0. The molecule has 1 aliphatic rings. The van der Waals surface area contributed by atoms with Crippen LogP contribution < -0.4 is 60.6 Å². The third-order valence-electron chi connectivity index (χ3n) is 9.49. The lowest BCUT2D eigenvalue weighted by molar-refractivity contribution is -0.150. The predicted octanol–water partition coefficient (Wildman–Crippen LogP) is -8.58. The summed E-state index contributed by atoms with van der Waals surface area (Å²) in [6.45, 7) is 1.45. The van der Waals surface area contributed by atoms with Gasteiger partial charge in [-0.1, -0.05) is 13.8 Å². The number of carboxylic acid groups (broad SMARTS) is 1. The first-order valence-corrected chi connectivity index (χ1v) is 19.8. The average Bonchev–Trinajstić information content (AvgIpc) is 3.71. The molecule has 352 valence electrons. The molecule has 0 spiro atoms. The van der Waals surface area contributed by atoms with E-state index in [-0.39, 0.29) is 69.6 Å². The minimum Gasteiger partial charge on any atom is -0.480 e. The van der Waals surface area contributed by atoms with Crippen LogP contribution in [-0.2, 0) is 38.4 Å². The summed E-state index contributed by atoms with van der Waals surface area (Å²) >= 11 is 0. The molecular weight excluding hydrogens is 824 g/mol. The fraction of sp³-hybridized carbons (Fsp3) is 0.714. The van der Waals surface area contributed by atoms with Gasteiger partial charge in [-0.3, -0.25) is 43.5 Å². The van der Waals surface area contributed by atoms with E-state index in [1.165, 1.54) is 6.92 Å². The Morgan fingerprint density at radius 3 is 1.35 bits per heavy atom. The number of hydrogen-bond acceptors (Lipinski definition) is 15. The third-order valence-corrected chi connectivity index (χ3v) is 9.49. The molecule has 0 saturated carbocycles. The van der Waals surface area contributed by atoms with Crippen LogP contribution in [0.5, 0.6) is 0 Å². The van der Waals surface area contributed by atoms with E-state index in [0.717, 1.165) is 4.90 Å². The molecule has 1 fully saturated rings. The minimum absolute atomic E-state index is 0.0246. The predicted molar refractivity (Wildman–Crippen MR) is 220 cm³/mol.